The molecule has 0 spiro atoms. The van der Waals surface area contributed by atoms with Gasteiger partial charge < -0.3 is 10.1 Å². The molecule has 1 heterocycles. The van der Waals surface area contributed by atoms with Crippen LogP contribution in [0.1, 0.15) is 53.4 Å². The summed E-state index contributed by atoms with van der Waals surface area (Å²) in [6, 6.07) is 8.83. The summed E-state index contributed by atoms with van der Waals surface area (Å²) in [4.78, 5) is 29.4. The van der Waals surface area contributed by atoms with Gasteiger partial charge in [0.2, 0.25) is 5.91 Å². The summed E-state index contributed by atoms with van der Waals surface area (Å²) in [5.74, 6) is -5.66. The summed E-state index contributed by atoms with van der Waals surface area (Å²) >= 11 is 0. The first kappa shape index (κ1) is 27.2. The molecule has 0 atom stereocenters. The number of nitrogens with one attached hydrogen (secondary N) is 1. The highest BCUT2D eigenvalue weighted by molar-refractivity contribution is 6.04. The van der Waals surface area contributed by atoms with Crippen molar-refractivity contribution >= 4 is 17.6 Å². The van der Waals surface area contributed by atoms with E-state index < -0.39 is 52.9 Å². The van der Waals surface area contributed by atoms with Crippen LogP contribution < -0.4 is 5.32 Å². The Morgan fingerprint density at radius 1 is 1.03 bits per heavy atom. The lowest BCUT2D eigenvalue weighted by Crippen LogP contribution is -2.29. The monoisotopic (exact) mass is 536 g/mol. The fourth-order valence-corrected chi connectivity index (χ4v) is 4.18. The molecular formula is C27H22F6N2O3. The highest BCUT2D eigenvalue weighted by Gasteiger charge is 2.53. The molecule has 4 rings (SSSR count). The van der Waals surface area contributed by atoms with Gasteiger partial charge in [0, 0.05) is 29.4 Å². The van der Waals surface area contributed by atoms with Crippen LogP contribution in [0.3, 0.4) is 0 Å². The Bertz CT molecular complexity index is 1380. The van der Waals surface area contributed by atoms with Gasteiger partial charge in [-0.25, -0.2) is 9.18 Å². The molecule has 0 aliphatic heterocycles. The number of hydrogen-bond acceptors (Lipinski definition) is 4. The number of carbonyl (C=O) groups is 2. The number of hydrogen-bond donors (Lipinski definition) is 1. The van der Waals surface area contributed by atoms with E-state index in [1.165, 1.54) is 37.4 Å². The summed E-state index contributed by atoms with van der Waals surface area (Å²) in [5, 5.41) is 2.60. The lowest BCUT2D eigenvalue weighted by molar-refractivity contribution is -0.137. The number of esters is 1. The van der Waals surface area contributed by atoms with E-state index in [1.54, 1.807) is 0 Å². The Morgan fingerprint density at radius 3 is 2.26 bits per heavy atom. The first-order valence-electron chi connectivity index (χ1n) is 11.6. The number of methoxy groups -OCH3 is 1. The molecule has 1 aliphatic carbocycles. The number of pyridine rings is 1. The molecule has 38 heavy (non-hydrogen) atoms. The van der Waals surface area contributed by atoms with E-state index in [0.29, 0.717) is 17.2 Å². The second-order valence-electron chi connectivity index (χ2n) is 8.97. The van der Waals surface area contributed by atoms with Gasteiger partial charge in [0.15, 0.2) is 0 Å². The van der Waals surface area contributed by atoms with Crippen LogP contribution in [0.5, 0.6) is 0 Å². The van der Waals surface area contributed by atoms with Gasteiger partial charge in [-0.05, 0) is 48.7 Å². The number of ether oxygens (including phenoxy) is 1. The number of carbonyl (C=O) groups excluding carboxylic acids is 2. The highest BCUT2D eigenvalue weighted by Crippen LogP contribution is 2.50. The highest BCUT2D eigenvalue weighted by atomic mass is 19.4. The zero-order valence-corrected chi connectivity index (χ0v) is 20.3. The van der Waals surface area contributed by atoms with Crippen molar-refractivity contribution in [1.29, 1.82) is 0 Å². The average Bonchev–Trinajstić information content (AvgIpc) is 3.69. The van der Waals surface area contributed by atoms with E-state index in [2.05, 4.69) is 10.3 Å². The van der Waals surface area contributed by atoms with Crippen LogP contribution in [0, 0.1) is 5.82 Å². The molecule has 11 heteroatoms. The molecule has 3 aromatic rings. The number of halogens is 6. The third-order valence-electron chi connectivity index (χ3n) is 6.57. The van der Waals surface area contributed by atoms with Crippen molar-refractivity contribution in [1.82, 2.24) is 4.98 Å². The van der Waals surface area contributed by atoms with Gasteiger partial charge in [0.1, 0.15) is 11.5 Å². The number of amides is 1. The average molecular weight is 536 g/mol. The summed E-state index contributed by atoms with van der Waals surface area (Å²) in [5.41, 5.74) is -2.25. The summed E-state index contributed by atoms with van der Waals surface area (Å²) in [6.07, 6.45) is -3.51. The zero-order valence-electron chi connectivity index (χ0n) is 20.3. The molecule has 1 saturated carbocycles. The lowest BCUT2D eigenvalue weighted by Gasteiger charge is -2.19. The molecule has 0 unspecified atom stereocenters. The second-order valence-corrected chi connectivity index (χ2v) is 8.97. The maximum absolute atomic E-state index is 14.6. The number of alkyl halides is 5. The van der Waals surface area contributed by atoms with Gasteiger partial charge in [-0.3, -0.25) is 9.78 Å². The van der Waals surface area contributed by atoms with Crippen molar-refractivity contribution in [3.05, 3.63) is 82.9 Å². The number of anilines is 1. The molecule has 5 nitrogen and oxygen atoms in total. The van der Waals surface area contributed by atoms with Gasteiger partial charge >= 0.3 is 12.1 Å². The predicted molar refractivity (Wildman–Crippen MR) is 126 cm³/mol. The maximum Gasteiger partial charge on any atom is 0.416 e. The minimum atomic E-state index is -4.73. The van der Waals surface area contributed by atoms with Crippen LogP contribution in [0.15, 0.2) is 54.7 Å². The normalized spacial score (nSPS) is 14.6. The minimum Gasteiger partial charge on any atom is -0.465 e. The van der Waals surface area contributed by atoms with Crippen LogP contribution >= 0.6 is 0 Å². The third kappa shape index (κ3) is 5.09. The van der Waals surface area contributed by atoms with Crippen LogP contribution in [0.25, 0.3) is 11.1 Å². The number of benzene rings is 2. The lowest BCUT2D eigenvalue weighted by atomic mass is 9.93. The molecule has 1 aliphatic rings. The molecule has 0 saturated heterocycles. The van der Waals surface area contributed by atoms with Crippen LogP contribution in [0.4, 0.5) is 32.0 Å². The predicted octanol–water partition coefficient (Wildman–Crippen LogP) is 6.87. The minimum absolute atomic E-state index is 0.00709. The molecule has 2 aromatic carbocycles. The van der Waals surface area contributed by atoms with E-state index in [0.717, 1.165) is 25.3 Å². The van der Waals surface area contributed by atoms with E-state index >= 15 is 0 Å². The maximum atomic E-state index is 14.6. The van der Waals surface area contributed by atoms with Crippen LogP contribution in [0.2, 0.25) is 0 Å². The number of rotatable bonds is 7. The fraction of sp³-hybridized carbons (Fsp3) is 0.296. The van der Waals surface area contributed by atoms with Gasteiger partial charge in [0.05, 0.1) is 23.7 Å². The van der Waals surface area contributed by atoms with E-state index in [-0.39, 0.29) is 29.7 Å². The Balaban J connectivity index is 1.62. The first-order chi connectivity index (χ1) is 17.8. The molecule has 200 valence electrons. The quantitative estimate of drug-likeness (QED) is 0.265. The topological polar surface area (TPSA) is 68.3 Å². The van der Waals surface area contributed by atoms with Gasteiger partial charge in [-0.2, -0.15) is 22.0 Å². The summed E-state index contributed by atoms with van der Waals surface area (Å²) in [6.45, 7) is 1.33. The molecule has 1 N–H and O–H groups in total. The number of aromatic nitrogens is 1. The Morgan fingerprint density at radius 2 is 1.74 bits per heavy atom. The van der Waals surface area contributed by atoms with E-state index in [9.17, 15) is 35.9 Å². The summed E-state index contributed by atoms with van der Waals surface area (Å²) in [7, 11) is 1.15. The van der Waals surface area contributed by atoms with E-state index in [1.807, 2.05) is 0 Å². The smallest absolute Gasteiger partial charge is 0.416 e. The third-order valence-corrected chi connectivity index (χ3v) is 6.57. The SMILES string of the molecule is CCC(F)(F)c1ccc(-c2ccc(NC(=O)C3(c4ccc(C(F)(F)F)cc4F)CC3)cc2C(=O)OC)cn1. The Kier molecular flexibility index (Phi) is 6.98. The number of nitrogens with zero attached hydrogens (tertiary/aromatic N) is 1. The molecule has 0 radical (unpaired) electrons. The molecule has 1 amide bonds. The zero-order chi connectivity index (χ0) is 27.9. The van der Waals surface area contributed by atoms with Crippen molar-refractivity contribution in [3.8, 4) is 11.1 Å². The standard InChI is InChI=1S/C27H22F6N2O3/c1-3-26(29,30)22-9-4-15(14-34-22)18-7-6-17(13-19(18)23(36)38-2)35-24(37)25(10-11-25)20-8-5-16(12-21(20)28)27(31,32)33/h4-9,12-14H,3,10-11H2,1-2H3,(H,35,37). The van der Waals surface area contributed by atoms with Gasteiger partial charge in [-0.15, -0.1) is 0 Å². The van der Waals surface area contributed by atoms with Crippen LogP contribution in [-0.2, 0) is 27.0 Å². The van der Waals surface area contributed by atoms with Crippen molar-refractivity contribution in [3.63, 3.8) is 0 Å². The Labute approximate surface area is 213 Å². The van der Waals surface area contributed by atoms with Gasteiger partial charge in [0.25, 0.3) is 5.92 Å². The van der Waals surface area contributed by atoms with Crippen molar-refractivity contribution in [2.75, 3.05) is 12.4 Å². The largest absolute Gasteiger partial charge is 0.465 e. The molecule has 1 fully saturated rings. The van der Waals surface area contributed by atoms with Crippen molar-refractivity contribution in [2.45, 2.75) is 43.7 Å². The molecule has 1 aromatic heterocycles. The molecule has 0 bridgehead atoms. The second kappa shape index (κ2) is 9.77. The van der Waals surface area contributed by atoms with Crippen LogP contribution in [-0.4, -0.2) is 24.0 Å². The Hall–Kier alpha value is -3.89. The van der Waals surface area contributed by atoms with Gasteiger partial charge in [-0.1, -0.05) is 25.1 Å². The fourth-order valence-electron chi connectivity index (χ4n) is 4.18. The molecular weight excluding hydrogens is 514 g/mol. The van der Waals surface area contributed by atoms with Crippen molar-refractivity contribution in [2.24, 2.45) is 0 Å². The van der Waals surface area contributed by atoms with E-state index in [4.69, 9.17) is 4.74 Å². The van der Waals surface area contributed by atoms with Crippen molar-refractivity contribution < 1.29 is 40.7 Å². The first-order valence-corrected chi connectivity index (χ1v) is 11.6. The summed E-state index contributed by atoms with van der Waals surface area (Å²) < 4.78 is 86.0.